The zero-order valence-corrected chi connectivity index (χ0v) is 12.6. The maximum Gasteiger partial charge on any atom is 0.153 e. The summed E-state index contributed by atoms with van der Waals surface area (Å²) in [7, 11) is 0. The minimum atomic E-state index is 0.515. The van der Waals surface area contributed by atoms with E-state index in [1.807, 2.05) is 30.3 Å². The lowest BCUT2D eigenvalue weighted by atomic mass is 9.99. The molecule has 0 saturated heterocycles. The van der Waals surface area contributed by atoms with Gasteiger partial charge >= 0.3 is 0 Å². The van der Waals surface area contributed by atoms with Crippen LogP contribution < -0.4 is 5.73 Å². The maximum atomic E-state index is 6.05. The molecule has 20 heavy (non-hydrogen) atoms. The van der Waals surface area contributed by atoms with E-state index in [1.165, 1.54) is 5.56 Å². The lowest BCUT2D eigenvalue weighted by Crippen LogP contribution is -1.89. The fourth-order valence-corrected chi connectivity index (χ4v) is 2.79. The summed E-state index contributed by atoms with van der Waals surface area (Å²) in [6.07, 6.45) is 0. The predicted molar refractivity (Wildman–Crippen MR) is 86.3 cm³/mol. The van der Waals surface area contributed by atoms with E-state index in [9.17, 15) is 0 Å². The van der Waals surface area contributed by atoms with Crippen molar-refractivity contribution in [3.63, 3.8) is 0 Å². The Bertz CT molecular complexity index is 762. The van der Waals surface area contributed by atoms with E-state index in [-0.39, 0.29) is 0 Å². The highest BCUT2D eigenvalue weighted by atomic mass is 79.9. The number of anilines is 1. The second kappa shape index (κ2) is 5.13. The van der Waals surface area contributed by atoms with Crippen LogP contribution in [-0.4, -0.2) is 10.2 Å². The Morgan fingerprint density at radius 2 is 1.90 bits per heavy atom. The highest BCUT2D eigenvalue weighted by Crippen LogP contribution is 2.37. The number of H-pyrrole nitrogens is 1. The summed E-state index contributed by atoms with van der Waals surface area (Å²) >= 11 is 3.57. The van der Waals surface area contributed by atoms with Crippen LogP contribution in [-0.2, 0) is 0 Å². The number of aryl methyl sites for hydroxylation is 1. The first-order valence-electron chi connectivity index (χ1n) is 6.32. The molecule has 1 aromatic heterocycles. The third kappa shape index (κ3) is 2.23. The van der Waals surface area contributed by atoms with E-state index in [4.69, 9.17) is 5.73 Å². The molecule has 0 unspecified atom stereocenters. The van der Waals surface area contributed by atoms with Gasteiger partial charge in [0, 0.05) is 10.0 Å². The molecule has 4 heteroatoms. The molecule has 0 radical (unpaired) electrons. The lowest BCUT2D eigenvalue weighted by Gasteiger charge is -2.07. The van der Waals surface area contributed by atoms with Crippen LogP contribution in [0.4, 0.5) is 5.82 Å². The van der Waals surface area contributed by atoms with Crippen LogP contribution in [0.25, 0.3) is 22.4 Å². The largest absolute Gasteiger partial charge is 0.382 e. The lowest BCUT2D eigenvalue weighted by molar-refractivity contribution is 1.10. The van der Waals surface area contributed by atoms with Gasteiger partial charge in [0.2, 0.25) is 0 Å². The molecule has 0 atom stereocenters. The quantitative estimate of drug-likeness (QED) is 0.733. The van der Waals surface area contributed by atoms with Crippen molar-refractivity contribution in [2.24, 2.45) is 0 Å². The number of aromatic nitrogens is 2. The average molecular weight is 328 g/mol. The number of nitrogen functional groups attached to an aromatic ring is 1. The number of nitrogens with zero attached hydrogens (tertiary/aromatic N) is 1. The molecule has 1 heterocycles. The van der Waals surface area contributed by atoms with Crippen molar-refractivity contribution in [2.45, 2.75) is 6.92 Å². The zero-order chi connectivity index (χ0) is 14.1. The first-order valence-corrected chi connectivity index (χ1v) is 7.12. The van der Waals surface area contributed by atoms with Gasteiger partial charge in [0.25, 0.3) is 0 Å². The molecule has 0 aliphatic rings. The molecule has 0 aliphatic heterocycles. The van der Waals surface area contributed by atoms with Gasteiger partial charge in [-0.3, -0.25) is 5.10 Å². The van der Waals surface area contributed by atoms with E-state index in [2.05, 4.69) is 51.3 Å². The van der Waals surface area contributed by atoms with E-state index >= 15 is 0 Å². The number of nitrogens with two attached hydrogens (primary N) is 1. The standard InChI is InChI=1S/C16H14BrN3/c1-10-5-4-6-11(9-10)14-15(19-20-16(14)18)12-7-2-3-8-13(12)17/h2-9H,1H3,(H3,18,19,20). The summed E-state index contributed by atoms with van der Waals surface area (Å²) in [6, 6.07) is 16.3. The molecule has 0 spiro atoms. The molecule has 3 N–H and O–H groups in total. The van der Waals surface area contributed by atoms with Crippen molar-refractivity contribution in [3.8, 4) is 22.4 Å². The first kappa shape index (κ1) is 12.9. The third-order valence-electron chi connectivity index (χ3n) is 3.24. The van der Waals surface area contributed by atoms with Crippen molar-refractivity contribution in [1.29, 1.82) is 0 Å². The predicted octanol–water partition coefficient (Wildman–Crippen LogP) is 4.40. The monoisotopic (exact) mass is 327 g/mol. The molecule has 0 saturated carbocycles. The molecule has 2 aromatic carbocycles. The second-order valence-corrected chi connectivity index (χ2v) is 5.56. The van der Waals surface area contributed by atoms with Gasteiger partial charge in [-0.15, -0.1) is 0 Å². The van der Waals surface area contributed by atoms with Crippen molar-refractivity contribution in [1.82, 2.24) is 10.2 Å². The summed E-state index contributed by atoms with van der Waals surface area (Å²) in [5.74, 6) is 0.515. The average Bonchev–Trinajstić information content (AvgIpc) is 2.81. The Morgan fingerprint density at radius 3 is 2.65 bits per heavy atom. The Labute approximate surface area is 126 Å². The molecule has 100 valence electrons. The van der Waals surface area contributed by atoms with E-state index in [1.54, 1.807) is 0 Å². The van der Waals surface area contributed by atoms with E-state index < -0.39 is 0 Å². The van der Waals surface area contributed by atoms with Crippen LogP contribution in [0.2, 0.25) is 0 Å². The Kier molecular flexibility index (Phi) is 3.32. The summed E-state index contributed by atoms with van der Waals surface area (Å²) in [5, 5.41) is 7.22. The van der Waals surface area contributed by atoms with Gasteiger partial charge in [0.1, 0.15) is 0 Å². The molecule has 0 fully saturated rings. The van der Waals surface area contributed by atoms with Gasteiger partial charge in [0.05, 0.1) is 11.3 Å². The van der Waals surface area contributed by atoms with Crippen LogP contribution in [0.15, 0.2) is 53.0 Å². The number of nitrogens with one attached hydrogen (secondary N) is 1. The fraction of sp³-hybridized carbons (Fsp3) is 0.0625. The molecule has 3 nitrogen and oxygen atoms in total. The van der Waals surface area contributed by atoms with Crippen molar-refractivity contribution >= 4 is 21.7 Å². The summed E-state index contributed by atoms with van der Waals surface area (Å²) < 4.78 is 1.01. The topological polar surface area (TPSA) is 54.7 Å². The number of aromatic amines is 1. The molecule has 0 aliphatic carbocycles. The molecule has 3 rings (SSSR count). The third-order valence-corrected chi connectivity index (χ3v) is 3.94. The number of hydrogen-bond donors (Lipinski definition) is 2. The van der Waals surface area contributed by atoms with Gasteiger partial charge < -0.3 is 5.73 Å². The van der Waals surface area contributed by atoms with E-state index in [0.29, 0.717) is 5.82 Å². The molecular weight excluding hydrogens is 314 g/mol. The fourth-order valence-electron chi connectivity index (χ4n) is 2.31. The number of halogens is 1. The SMILES string of the molecule is Cc1cccc(-c2c(N)n[nH]c2-c2ccccc2Br)c1. The number of hydrogen-bond acceptors (Lipinski definition) is 2. The molecular formula is C16H14BrN3. The van der Waals surface area contributed by atoms with Gasteiger partial charge in [0.15, 0.2) is 5.82 Å². The maximum absolute atomic E-state index is 6.05. The van der Waals surface area contributed by atoms with Crippen LogP contribution >= 0.6 is 15.9 Å². The van der Waals surface area contributed by atoms with Gasteiger partial charge in [-0.1, -0.05) is 64.0 Å². The summed E-state index contributed by atoms with van der Waals surface area (Å²) in [6.45, 7) is 2.07. The van der Waals surface area contributed by atoms with Gasteiger partial charge in [-0.25, -0.2) is 0 Å². The zero-order valence-electron chi connectivity index (χ0n) is 11.0. The van der Waals surface area contributed by atoms with Crippen LogP contribution in [0.1, 0.15) is 5.56 Å². The highest BCUT2D eigenvalue weighted by Gasteiger charge is 2.16. The first-order chi connectivity index (χ1) is 9.66. The smallest absolute Gasteiger partial charge is 0.153 e. The normalized spacial score (nSPS) is 10.7. The minimum absolute atomic E-state index is 0.515. The van der Waals surface area contributed by atoms with E-state index in [0.717, 1.165) is 26.9 Å². The van der Waals surface area contributed by atoms with Gasteiger partial charge in [-0.2, -0.15) is 5.10 Å². The van der Waals surface area contributed by atoms with Crippen molar-refractivity contribution < 1.29 is 0 Å². The summed E-state index contributed by atoms with van der Waals surface area (Å²) in [4.78, 5) is 0. The Morgan fingerprint density at radius 1 is 1.10 bits per heavy atom. The molecule has 0 amide bonds. The Balaban J connectivity index is 2.23. The van der Waals surface area contributed by atoms with Crippen LogP contribution in [0.5, 0.6) is 0 Å². The minimum Gasteiger partial charge on any atom is -0.382 e. The van der Waals surface area contributed by atoms with Crippen molar-refractivity contribution in [2.75, 3.05) is 5.73 Å². The second-order valence-electron chi connectivity index (χ2n) is 4.71. The van der Waals surface area contributed by atoms with Crippen LogP contribution in [0, 0.1) is 6.92 Å². The van der Waals surface area contributed by atoms with Gasteiger partial charge in [-0.05, 0) is 18.6 Å². The number of rotatable bonds is 2. The highest BCUT2D eigenvalue weighted by molar-refractivity contribution is 9.10. The molecule has 3 aromatic rings. The van der Waals surface area contributed by atoms with Crippen molar-refractivity contribution in [3.05, 3.63) is 58.6 Å². The number of benzene rings is 2. The molecule has 0 bridgehead atoms. The Hall–Kier alpha value is -2.07. The summed E-state index contributed by atoms with van der Waals surface area (Å²) in [5.41, 5.74) is 11.2. The van der Waals surface area contributed by atoms with Crippen LogP contribution in [0.3, 0.4) is 0 Å².